The van der Waals surface area contributed by atoms with E-state index in [1.54, 1.807) is 0 Å². The second kappa shape index (κ2) is 5.23. The Balaban J connectivity index is 3.03. The molecule has 0 fully saturated rings. The first-order valence-corrected chi connectivity index (χ1v) is 3.93. The number of allylic oxidation sites excluding steroid dienone is 1. The van der Waals surface area contributed by atoms with Crippen molar-refractivity contribution in [1.82, 2.24) is 0 Å². The first kappa shape index (κ1) is 8.09. The molecule has 0 nitrogen and oxygen atoms in total. The standard InChI is InChI=1S/C7H13S/c1-4-8-6-5-7(2)3/h5H,1,4,6H2,2-3H3. The van der Waals surface area contributed by atoms with Crippen molar-refractivity contribution in [3.8, 4) is 0 Å². The summed E-state index contributed by atoms with van der Waals surface area (Å²) in [6, 6.07) is 0. The van der Waals surface area contributed by atoms with Gasteiger partial charge in [0, 0.05) is 5.75 Å². The normalized spacial score (nSPS) is 8.88. The number of hydrogen-bond acceptors (Lipinski definition) is 1. The fourth-order valence-electron chi connectivity index (χ4n) is 0.309. The van der Waals surface area contributed by atoms with Crippen molar-refractivity contribution in [3.05, 3.63) is 18.6 Å². The van der Waals surface area contributed by atoms with Crippen LogP contribution < -0.4 is 0 Å². The highest BCUT2D eigenvalue weighted by molar-refractivity contribution is 7.99. The molecule has 0 N–H and O–H groups in total. The van der Waals surface area contributed by atoms with Crippen molar-refractivity contribution in [2.45, 2.75) is 13.8 Å². The van der Waals surface area contributed by atoms with Gasteiger partial charge >= 0.3 is 0 Å². The molecule has 0 bridgehead atoms. The van der Waals surface area contributed by atoms with E-state index in [1.165, 1.54) is 5.57 Å². The van der Waals surface area contributed by atoms with Gasteiger partial charge in [0.2, 0.25) is 0 Å². The zero-order valence-electron chi connectivity index (χ0n) is 5.61. The van der Waals surface area contributed by atoms with Crippen LogP contribution in [0.15, 0.2) is 11.6 Å². The molecule has 0 amide bonds. The summed E-state index contributed by atoms with van der Waals surface area (Å²) in [5.41, 5.74) is 1.39. The van der Waals surface area contributed by atoms with Crippen molar-refractivity contribution in [1.29, 1.82) is 0 Å². The summed E-state index contributed by atoms with van der Waals surface area (Å²) in [5.74, 6) is 2.09. The van der Waals surface area contributed by atoms with Gasteiger partial charge in [0.1, 0.15) is 0 Å². The number of thioether (sulfide) groups is 1. The molecule has 0 atom stereocenters. The van der Waals surface area contributed by atoms with Gasteiger partial charge in [-0.25, -0.2) is 0 Å². The third-order valence-corrected chi connectivity index (χ3v) is 1.44. The molecule has 0 rings (SSSR count). The minimum Gasteiger partial charge on any atom is -0.158 e. The molecular weight excluding hydrogens is 116 g/mol. The SMILES string of the molecule is [CH2]CSCC=C(C)C. The van der Waals surface area contributed by atoms with Crippen LogP contribution in [0.2, 0.25) is 0 Å². The van der Waals surface area contributed by atoms with E-state index in [0.717, 1.165) is 11.5 Å². The lowest BCUT2D eigenvalue weighted by atomic mass is 10.3. The highest BCUT2D eigenvalue weighted by Gasteiger charge is 1.77. The Labute approximate surface area is 56.4 Å². The lowest BCUT2D eigenvalue weighted by Gasteiger charge is -1.89. The summed E-state index contributed by atoms with van der Waals surface area (Å²) >= 11 is 1.85. The average Bonchev–Trinajstić information content (AvgIpc) is 1.66. The molecule has 0 aromatic carbocycles. The Morgan fingerprint density at radius 3 is 2.62 bits per heavy atom. The second-order valence-electron chi connectivity index (χ2n) is 1.86. The van der Waals surface area contributed by atoms with Gasteiger partial charge in [0.25, 0.3) is 0 Å². The Kier molecular flexibility index (Phi) is 5.29. The van der Waals surface area contributed by atoms with E-state index in [0.29, 0.717) is 0 Å². The highest BCUT2D eigenvalue weighted by atomic mass is 32.2. The van der Waals surface area contributed by atoms with Gasteiger partial charge in [-0.1, -0.05) is 11.6 Å². The average molecular weight is 129 g/mol. The lowest BCUT2D eigenvalue weighted by Crippen LogP contribution is -1.73. The van der Waals surface area contributed by atoms with E-state index >= 15 is 0 Å². The molecule has 0 saturated carbocycles. The summed E-state index contributed by atoms with van der Waals surface area (Å²) in [6.07, 6.45) is 2.22. The largest absolute Gasteiger partial charge is 0.158 e. The molecule has 8 heavy (non-hydrogen) atoms. The van der Waals surface area contributed by atoms with Crippen LogP contribution in [0, 0.1) is 6.92 Å². The van der Waals surface area contributed by atoms with Gasteiger partial charge in [-0.05, 0) is 26.5 Å². The smallest absolute Gasteiger partial charge is 0.0115 e. The Hall–Kier alpha value is 0.0900. The Morgan fingerprint density at radius 1 is 1.62 bits per heavy atom. The fraction of sp³-hybridized carbons (Fsp3) is 0.571. The van der Waals surface area contributed by atoms with E-state index in [2.05, 4.69) is 26.8 Å². The van der Waals surface area contributed by atoms with Crippen molar-refractivity contribution in [2.75, 3.05) is 11.5 Å². The van der Waals surface area contributed by atoms with Crippen LogP contribution in [0.4, 0.5) is 0 Å². The molecule has 47 valence electrons. The minimum atomic E-state index is 0.976. The van der Waals surface area contributed by atoms with Crippen molar-refractivity contribution >= 4 is 11.8 Å². The van der Waals surface area contributed by atoms with E-state index in [-0.39, 0.29) is 0 Å². The summed E-state index contributed by atoms with van der Waals surface area (Å²) in [4.78, 5) is 0. The molecule has 0 aliphatic carbocycles. The van der Waals surface area contributed by atoms with Gasteiger partial charge in [0.05, 0.1) is 0 Å². The number of rotatable bonds is 3. The summed E-state index contributed by atoms with van der Waals surface area (Å²) < 4.78 is 0. The third-order valence-electron chi connectivity index (χ3n) is 0.754. The van der Waals surface area contributed by atoms with Crippen LogP contribution in [0.1, 0.15) is 13.8 Å². The molecule has 0 heterocycles. The molecule has 0 aromatic rings. The topological polar surface area (TPSA) is 0 Å². The maximum Gasteiger partial charge on any atom is 0.0115 e. The van der Waals surface area contributed by atoms with Crippen molar-refractivity contribution < 1.29 is 0 Å². The van der Waals surface area contributed by atoms with Gasteiger partial charge in [-0.2, -0.15) is 11.8 Å². The van der Waals surface area contributed by atoms with Gasteiger partial charge < -0.3 is 0 Å². The quantitative estimate of drug-likeness (QED) is 0.417. The van der Waals surface area contributed by atoms with Crippen LogP contribution >= 0.6 is 11.8 Å². The lowest BCUT2D eigenvalue weighted by molar-refractivity contribution is 1.37. The first-order chi connectivity index (χ1) is 3.77. The van der Waals surface area contributed by atoms with Gasteiger partial charge in [-0.3, -0.25) is 0 Å². The van der Waals surface area contributed by atoms with Gasteiger partial charge in [0.15, 0.2) is 0 Å². The second-order valence-corrected chi connectivity index (χ2v) is 3.01. The zero-order chi connectivity index (χ0) is 6.41. The van der Waals surface area contributed by atoms with Crippen molar-refractivity contribution in [3.63, 3.8) is 0 Å². The summed E-state index contributed by atoms with van der Waals surface area (Å²) in [6.45, 7) is 7.95. The Bertz CT molecular complexity index is 70.5. The zero-order valence-corrected chi connectivity index (χ0v) is 6.42. The van der Waals surface area contributed by atoms with E-state index in [9.17, 15) is 0 Å². The predicted molar refractivity (Wildman–Crippen MR) is 42.1 cm³/mol. The third kappa shape index (κ3) is 6.09. The first-order valence-electron chi connectivity index (χ1n) is 2.77. The number of hydrogen-bond donors (Lipinski definition) is 0. The fourth-order valence-corrected chi connectivity index (χ4v) is 0.927. The molecular formula is C7H13S. The van der Waals surface area contributed by atoms with Crippen LogP contribution in [0.3, 0.4) is 0 Å². The van der Waals surface area contributed by atoms with E-state index in [4.69, 9.17) is 0 Å². The van der Waals surface area contributed by atoms with Crippen LogP contribution in [0.25, 0.3) is 0 Å². The summed E-state index contributed by atoms with van der Waals surface area (Å²) in [5, 5.41) is 0. The maximum absolute atomic E-state index is 3.72. The van der Waals surface area contributed by atoms with Crippen molar-refractivity contribution in [2.24, 2.45) is 0 Å². The molecule has 0 unspecified atom stereocenters. The van der Waals surface area contributed by atoms with Crippen LogP contribution in [-0.2, 0) is 0 Å². The molecule has 0 aliphatic rings. The molecule has 0 spiro atoms. The minimum absolute atomic E-state index is 0.976. The maximum atomic E-state index is 3.72. The molecule has 1 heteroatoms. The summed E-state index contributed by atoms with van der Waals surface area (Å²) in [7, 11) is 0. The van der Waals surface area contributed by atoms with E-state index in [1.807, 2.05) is 11.8 Å². The van der Waals surface area contributed by atoms with Crippen LogP contribution in [0.5, 0.6) is 0 Å². The molecule has 0 saturated heterocycles. The highest BCUT2D eigenvalue weighted by Crippen LogP contribution is 2.00. The van der Waals surface area contributed by atoms with Gasteiger partial charge in [-0.15, -0.1) is 0 Å². The molecule has 0 aliphatic heterocycles. The monoisotopic (exact) mass is 129 g/mol. The predicted octanol–water partition coefficient (Wildman–Crippen LogP) is 2.52. The van der Waals surface area contributed by atoms with Crippen LogP contribution in [-0.4, -0.2) is 11.5 Å². The Morgan fingerprint density at radius 2 is 2.25 bits per heavy atom. The van der Waals surface area contributed by atoms with E-state index < -0.39 is 0 Å². The molecule has 1 radical (unpaired) electrons. The molecule has 0 aromatic heterocycles.